The van der Waals surface area contributed by atoms with Gasteiger partial charge in [-0.2, -0.15) is 0 Å². The number of benzene rings is 2. The fraction of sp³-hybridized carbons (Fsp3) is 0.269. The van der Waals surface area contributed by atoms with Gasteiger partial charge in [-0.1, -0.05) is 42.1 Å². The minimum absolute atomic E-state index is 0.109. The number of nitrogens with zero attached hydrogens (tertiary/aromatic N) is 5. The monoisotopic (exact) mass is 489 g/mol. The van der Waals surface area contributed by atoms with Crippen molar-refractivity contribution in [2.24, 2.45) is 0 Å². The third-order valence-electron chi connectivity index (χ3n) is 6.00. The summed E-state index contributed by atoms with van der Waals surface area (Å²) in [7, 11) is 1.64. The van der Waals surface area contributed by atoms with Crippen molar-refractivity contribution in [1.82, 2.24) is 24.6 Å². The first kappa shape index (κ1) is 23.2. The molecule has 180 valence electrons. The van der Waals surface area contributed by atoms with Gasteiger partial charge >= 0.3 is 0 Å². The summed E-state index contributed by atoms with van der Waals surface area (Å²) in [4.78, 5) is 17.3. The Kier molecular flexibility index (Phi) is 7.15. The van der Waals surface area contributed by atoms with Gasteiger partial charge in [-0.3, -0.25) is 14.3 Å². The first-order valence-corrected chi connectivity index (χ1v) is 12.5. The minimum atomic E-state index is 0.109. The Bertz CT molecular complexity index is 1230. The number of ether oxygens (including phenoxy) is 1. The van der Waals surface area contributed by atoms with Crippen molar-refractivity contribution in [3.05, 3.63) is 78.6 Å². The first-order valence-electron chi connectivity index (χ1n) is 11.5. The van der Waals surface area contributed by atoms with E-state index in [0.29, 0.717) is 22.5 Å². The molecule has 2 aromatic heterocycles. The van der Waals surface area contributed by atoms with E-state index in [2.05, 4.69) is 39.4 Å². The lowest BCUT2D eigenvalue weighted by molar-refractivity contribution is -0.130. The first-order chi connectivity index (χ1) is 17.2. The van der Waals surface area contributed by atoms with Gasteiger partial charge in [-0.05, 0) is 42.0 Å². The van der Waals surface area contributed by atoms with E-state index in [1.165, 1.54) is 17.3 Å². The van der Waals surface area contributed by atoms with Crippen molar-refractivity contribution >= 4 is 17.7 Å². The predicted octanol–water partition coefficient (Wildman–Crippen LogP) is 3.97. The number of carbonyl (C=O) groups is 1. The molecule has 0 aliphatic carbocycles. The second-order valence-electron chi connectivity index (χ2n) is 8.25. The quantitative estimate of drug-likeness (QED) is 0.347. The zero-order valence-corrected chi connectivity index (χ0v) is 20.4. The summed E-state index contributed by atoms with van der Waals surface area (Å²) < 4.78 is 12.8. The maximum Gasteiger partial charge on any atom is 0.233 e. The molecule has 1 fully saturated rings. The Hall–Kier alpha value is -3.56. The molecule has 5 rings (SSSR count). The molecule has 2 aromatic carbocycles. The van der Waals surface area contributed by atoms with Crippen LogP contribution in [0.15, 0.2) is 82.6 Å². The van der Waals surface area contributed by atoms with Crippen LogP contribution in [0.3, 0.4) is 0 Å². The maximum absolute atomic E-state index is 13.0. The van der Waals surface area contributed by atoms with Crippen LogP contribution < -0.4 is 4.74 Å². The van der Waals surface area contributed by atoms with Crippen LogP contribution in [0, 0.1) is 0 Å². The summed E-state index contributed by atoms with van der Waals surface area (Å²) in [6.45, 7) is 4.12. The zero-order valence-electron chi connectivity index (χ0n) is 19.5. The molecule has 0 saturated carbocycles. The van der Waals surface area contributed by atoms with Gasteiger partial charge < -0.3 is 14.1 Å². The van der Waals surface area contributed by atoms with Crippen LogP contribution >= 0.6 is 11.8 Å². The van der Waals surface area contributed by atoms with Gasteiger partial charge in [0.05, 0.1) is 24.8 Å². The Morgan fingerprint density at radius 1 is 0.971 bits per heavy atom. The molecule has 1 amide bonds. The van der Waals surface area contributed by atoms with E-state index in [-0.39, 0.29) is 5.91 Å². The Morgan fingerprint density at radius 2 is 1.74 bits per heavy atom. The van der Waals surface area contributed by atoms with Crippen molar-refractivity contribution in [3.63, 3.8) is 0 Å². The Labute approximate surface area is 208 Å². The Balaban J connectivity index is 1.24. The third-order valence-corrected chi connectivity index (χ3v) is 6.92. The number of rotatable bonds is 8. The molecule has 0 spiro atoms. The SMILES string of the molecule is COc1ccc(-n2c(SCC(=O)N3CCN(Cc4ccccc4)CC3)nnc2-c2ccco2)cc1. The Morgan fingerprint density at radius 3 is 2.43 bits per heavy atom. The zero-order chi connectivity index (χ0) is 24.0. The van der Waals surface area contributed by atoms with Gasteiger partial charge in [0.1, 0.15) is 5.75 Å². The highest BCUT2D eigenvalue weighted by Crippen LogP contribution is 2.29. The summed E-state index contributed by atoms with van der Waals surface area (Å²) >= 11 is 1.39. The number of amides is 1. The standard InChI is InChI=1S/C26H27N5O3S/c1-33-22-11-9-21(10-12-22)31-25(23-8-5-17-34-23)27-28-26(31)35-19-24(32)30-15-13-29(14-16-30)18-20-6-3-2-4-7-20/h2-12,17H,13-16,18-19H2,1H3. The van der Waals surface area contributed by atoms with Crippen molar-refractivity contribution in [1.29, 1.82) is 0 Å². The van der Waals surface area contributed by atoms with Crippen molar-refractivity contribution in [2.45, 2.75) is 11.7 Å². The highest BCUT2D eigenvalue weighted by Gasteiger charge is 2.23. The number of hydrogen-bond donors (Lipinski definition) is 0. The smallest absolute Gasteiger partial charge is 0.233 e. The number of carbonyl (C=O) groups excluding carboxylic acids is 1. The molecule has 0 radical (unpaired) electrons. The molecule has 1 saturated heterocycles. The third kappa shape index (κ3) is 5.41. The molecule has 0 bridgehead atoms. The summed E-state index contributed by atoms with van der Waals surface area (Å²) in [6, 6.07) is 21.8. The number of hydrogen-bond acceptors (Lipinski definition) is 7. The molecule has 1 aliphatic heterocycles. The minimum Gasteiger partial charge on any atom is -0.497 e. The van der Waals surface area contributed by atoms with Crippen molar-refractivity contribution in [3.8, 4) is 23.0 Å². The van der Waals surface area contributed by atoms with Crippen LogP contribution in [0.25, 0.3) is 17.3 Å². The molecular weight excluding hydrogens is 462 g/mol. The average Bonchev–Trinajstić information content (AvgIpc) is 3.58. The normalized spacial score (nSPS) is 14.3. The van der Waals surface area contributed by atoms with Crippen molar-refractivity contribution in [2.75, 3.05) is 39.0 Å². The highest BCUT2D eigenvalue weighted by molar-refractivity contribution is 7.99. The van der Waals surface area contributed by atoms with Gasteiger partial charge in [0.2, 0.25) is 11.7 Å². The molecule has 0 unspecified atom stereocenters. The summed E-state index contributed by atoms with van der Waals surface area (Å²) in [5.74, 6) is 2.37. The predicted molar refractivity (Wildman–Crippen MR) is 135 cm³/mol. The maximum atomic E-state index is 13.0. The lowest BCUT2D eigenvalue weighted by Gasteiger charge is -2.34. The van der Waals surface area contributed by atoms with Gasteiger partial charge in [0.15, 0.2) is 10.9 Å². The van der Waals surface area contributed by atoms with E-state index in [0.717, 1.165) is 44.2 Å². The van der Waals surface area contributed by atoms with E-state index in [9.17, 15) is 4.79 Å². The molecule has 35 heavy (non-hydrogen) atoms. The lowest BCUT2D eigenvalue weighted by atomic mass is 10.2. The fourth-order valence-corrected chi connectivity index (χ4v) is 4.96. The second-order valence-corrected chi connectivity index (χ2v) is 9.19. The van der Waals surface area contributed by atoms with E-state index < -0.39 is 0 Å². The van der Waals surface area contributed by atoms with Crippen LogP contribution in [-0.2, 0) is 11.3 Å². The van der Waals surface area contributed by atoms with Crippen LogP contribution in [0.4, 0.5) is 0 Å². The fourth-order valence-electron chi connectivity index (χ4n) is 4.11. The lowest BCUT2D eigenvalue weighted by Crippen LogP contribution is -2.48. The molecular formula is C26H27N5O3S. The number of aromatic nitrogens is 3. The number of methoxy groups -OCH3 is 1. The summed E-state index contributed by atoms with van der Waals surface area (Å²) in [5, 5.41) is 9.36. The molecule has 8 nitrogen and oxygen atoms in total. The van der Waals surface area contributed by atoms with Gasteiger partial charge in [0.25, 0.3) is 0 Å². The van der Waals surface area contributed by atoms with Crippen molar-refractivity contribution < 1.29 is 13.9 Å². The van der Waals surface area contributed by atoms with E-state index >= 15 is 0 Å². The topological polar surface area (TPSA) is 76.6 Å². The summed E-state index contributed by atoms with van der Waals surface area (Å²) in [6.07, 6.45) is 1.61. The van der Waals surface area contributed by atoms with Crippen LogP contribution in [0.2, 0.25) is 0 Å². The number of piperazine rings is 1. The molecule has 1 aliphatic rings. The molecule has 0 N–H and O–H groups in total. The summed E-state index contributed by atoms with van der Waals surface area (Å²) in [5.41, 5.74) is 2.17. The number of thioether (sulfide) groups is 1. The van der Waals surface area contributed by atoms with Crippen LogP contribution in [0.5, 0.6) is 5.75 Å². The van der Waals surface area contributed by atoms with E-state index in [4.69, 9.17) is 9.15 Å². The van der Waals surface area contributed by atoms with Crippen LogP contribution in [0.1, 0.15) is 5.56 Å². The second kappa shape index (κ2) is 10.8. The molecule has 4 aromatic rings. The highest BCUT2D eigenvalue weighted by atomic mass is 32.2. The van der Waals surface area contributed by atoms with E-state index in [1.54, 1.807) is 13.4 Å². The molecule has 9 heteroatoms. The van der Waals surface area contributed by atoms with Gasteiger partial charge in [-0.25, -0.2) is 0 Å². The van der Waals surface area contributed by atoms with Gasteiger partial charge in [-0.15, -0.1) is 10.2 Å². The van der Waals surface area contributed by atoms with E-state index in [1.807, 2.05) is 51.9 Å². The van der Waals surface area contributed by atoms with Gasteiger partial charge in [0, 0.05) is 32.7 Å². The van der Waals surface area contributed by atoms with Crippen LogP contribution in [-0.4, -0.2) is 69.5 Å². The number of furan rings is 1. The molecule has 0 atom stereocenters. The largest absolute Gasteiger partial charge is 0.497 e. The average molecular weight is 490 g/mol. The molecule has 3 heterocycles.